The fourth-order valence-electron chi connectivity index (χ4n) is 3.48. The molecule has 0 radical (unpaired) electrons. The predicted molar refractivity (Wildman–Crippen MR) is 103 cm³/mol. The zero-order valence-electron chi connectivity index (χ0n) is 15.3. The Morgan fingerprint density at radius 1 is 1.00 bits per heavy atom. The number of aryl methyl sites for hydroxylation is 1. The minimum absolute atomic E-state index is 0.257. The molecule has 158 valence electrons. The quantitative estimate of drug-likeness (QED) is 0.430. The number of aliphatic hydroxyl groups is 5. The van der Waals surface area contributed by atoms with Crippen LogP contribution < -0.4 is 0 Å². The second-order valence-corrected chi connectivity index (χ2v) is 7.86. The Hall–Kier alpha value is -1.46. The van der Waals surface area contributed by atoms with E-state index in [4.69, 9.17) is 4.74 Å². The van der Waals surface area contributed by atoms with E-state index < -0.39 is 54.9 Å². The van der Waals surface area contributed by atoms with Gasteiger partial charge >= 0.3 is 0 Å². The van der Waals surface area contributed by atoms with E-state index >= 15 is 0 Å². The molecule has 1 heterocycles. The molecular weight excluding hydrogens is 454 g/mol. The first-order chi connectivity index (χ1) is 13.6. The van der Waals surface area contributed by atoms with Crippen molar-refractivity contribution in [1.82, 2.24) is 0 Å². The summed E-state index contributed by atoms with van der Waals surface area (Å²) in [6, 6.07) is 7.04. The van der Waals surface area contributed by atoms with Gasteiger partial charge in [0.15, 0.2) is 0 Å². The zero-order chi connectivity index (χ0) is 21.5. The summed E-state index contributed by atoms with van der Waals surface area (Å²) in [5.74, 6) is -1.49. The van der Waals surface area contributed by atoms with Crippen molar-refractivity contribution in [2.75, 3.05) is 6.61 Å². The van der Waals surface area contributed by atoms with Gasteiger partial charge in [0.1, 0.15) is 48.3 Å². The summed E-state index contributed by atoms with van der Waals surface area (Å²) in [6.07, 6.45) is -8.53. The second-order valence-electron chi connectivity index (χ2n) is 7.06. The van der Waals surface area contributed by atoms with E-state index in [9.17, 15) is 34.3 Å². The zero-order valence-corrected chi connectivity index (χ0v) is 16.9. The van der Waals surface area contributed by atoms with E-state index in [1.807, 2.05) is 0 Å². The maximum absolute atomic E-state index is 13.8. The fourth-order valence-corrected chi connectivity index (χ4v) is 3.71. The first kappa shape index (κ1) is 22.2. The number of rotatable bonds is 4. The van der Waals surface area contributed by atoms with Crippen molar-refractivity contribution < 1.29 is 39.1 Å². The van der Waals surface area contributed by atoms with Crippen molar-refractivity contribution in [3.8, 4) is 11.1 Å². The van der Waals surface area contributed by atoms with Crippen LogP contribution in [0.1, 0.15) is 17.2 Å². The summed E-state index contributed by atoms with van der Waals surface area (Å²) in [5.41, 5.74) is 1.73. The molecule has 29 heavy (non-hydrogen) atoms. The largest absolute Gasteiger partial charge is 0.394 e. The topological polar surface area (TPSA) is 110 Å². The van der Waals surface area contributed by atoms with Crippen molar-refractivity contribution in [3.05, 3.63) is 57.6 Å². The first-order valence-electron chi connectivity index (χ1n) is 8.89. The fraction of sp³-hybridized carbons (Fsp3) is 0.400. The van der Waals surface area contributed by atoms with Crippen LogP contribution >= 0.6 is 15.9 Å². The summed E-state index contributed by atoms with van der Waals surface area (Å²) in [5, 5.41) is 50.0. The first-order valence-corrected chi connectivity index (χ1v) is 9.69. The molecular formula is C20H21BrF2O6. The Morgan fingerprint density at radius 2 is 1.62 bits per heavy atom. The molecule has 0 bridgehead atoms. The third kappa shape index (κ3) is 4.22. The molecule has 0 unspecified atom stereocenters. The maximum atomic E-state index is 13.8. The third-order valence-corrected chi connectivity index (χ3v) is 5.90. The Balaban J connectivity index is 1.90. The summed E-state index contributed by atoms with van der Waals surface area (Å²) in [7, 11) is 0. The van der Waals surface area contributed by atoms with E-state index in [2.05, 4.69) is 15.9 Å². The molecule has 3 rings (SSSR count). The molecule has 1 aliphatic rings. The third-order valence-electron chi connectivity index (χ3n) is 5.15. The number of aliphatic hydroxyl groups excluding tert-OH is 5. The minimum Gasteiger partial charge on any atom is -0.394 e. The van der Waals surface area contributed by atoms with Gasteiger partial charge in [-0.05, 0) is 57.2 Å². The van der Waals surface area contributed by atoms with Crippen molar-refractivity contribution in [1.29, 1.82) is 0 Å². The molecule has 0 aromatic heterocycles. The van der Waals surface area contributed by atoms with Gasteiger partial charge in [-0.2, -0.15) is 0 Å². The molecule has 1 saturated heterocycles. The lowest BCUT2D eigenvalue weighted by Gasteiger charge is -2.42. The Bertz CT molecular complexity index is 870. The minimum atomic E-state index is -1.60. The average Bonchev–Trinajstić information content (AvgIpc) is 2.69. The normalized spacial score (nSPS) is 28.4. The van der Waals surface area contributed by atoms with Crippen LogP contribution in [0.15, 0.2) is 34.8 Å². The van der Waals surface area contributed by atoms with Crippen LogP contribution in [0.4, 0.5) is 8.78 Å². The molecule has 0 aliphatic carbocycles. The van der Waals surface area contributed by atoms with Gasteiger partial charge in [-0.25, -0.2) is 8.78 Å². The van der Waals surface area contributed by atoms with Crippen LogP contribution in [0.5, 0.6) is 0 Å². The van der Waals surface area contributed by atoms with Crippen LogP contribution in [0, 0.1) is 18.6 Å². The SMILES string of the molecule is Cc1cc(-c2cc(F)c(Br)c(F)c2)ccc1[C@@H](O)[C@H]1O[C@H](CO)[C@@H](O)[C@H](O)[C@@H]1O. The van der Waals surface area contributed by atoms with E-state index in [-0.39, 0.29) is 4.47 Å². The highest BCUT2D eigenvalue weighted by Crippen LogP contribution is 2.34. The van der Waals surface area contributed by atoms with Crippen LogP contribution in [0.25, 0.3) is 11.1 Å². The van der Waals surface area contributed by atoms with Gasteiger partial charge in [0, 0.05) is 0 Å². The molecule has 6 atom stereocenters. The van der Waals surface area contributed by atoms with Gasteiger partial charge in [-0.15, -0.1) is 0 Å². The van der Waals surface area contributed by atoms with Crippen LogP contribution in [-0.4, -0.2) is 62.7 Å². The van der Waals surface area contributed by atoms with Crippen molar-refractivity contribution in [3.63, 3.8) is 0 Å². The highest BCUT2D eigenvalue weighted by atomic mass is 79.9. The highest BCUT2D eigenvalue weighted by Gasteiger charge is 2.46. The van der Waals surface area contributed by atoms with Crippen molar-refractivity contribution >= 4 is 15.9 Å². The summed E-state index contributed by atoms with van der Waals surface area (Å²) in [4.78, 5) is 0. The van der Waals surface area contributed by atoms with Gasteiger partial charge in [-0.1, -0.05) is 18.2 Å². The summed E-state index contributed by atoms with van der Waals surface area (Å²) in [6.45, 7) is 1.06. The Kier molecular flexibility index (Phi) is 6.69. The van der Waals surface area contributed by atoms with Gasteiger partial charge in [0.25, 0.3) is 0 Å². The van der Waals surface area contributed by atoms with E-state index in [1.54, 1.807) is 19.1 Å². The maximum Gasteiger partial charge on any atom is 0.140 e. The summed E-state index contributed by atoms with van der Waals surface area (Å²) >= 11 is 2.82. The average molecular weight is 475 g/mol. The van der Waals surface area contributed by atoms with Gasteiger partial charge in [0.2, 0.25) is 0 Å². The number of hydrogen-bond donors (Lipinski definition) is 5. The Morgan fingerprint density at radius 3 is 2.17 bits per heavy atom. The number of benzene rings is 2. The van der Waals surface area contributed by atoms with Crippen LogP contribution in [0.3, 0.4) is 0 Å². The molecule has 0 spiro atoms. The van der Waals surface area contributed by atoms with Crippen molar-refractivity contribution in [2.45, 2.75) is 43.5 Å². The molecule has 0 amide bonds. The number of halogens is 3. The molecule has 2 aromatic rings. The summed E-state index contributed by atoms with van der Waals surface area (Å²) < 4.78 is 32.8. The van der Waals surface area contributed by atoms with Crippen LogP contribution in [0.2, 0.25) is 0 Å². The molecule has 5 N–H and O–H groups in total. The van der Waals surface area contributed by atoms with Gasteiger partial charge in [0.05, 0.1) is 11.1 Å². The molecule has 1 aliphatic heterocycles. The van der Waals surface area contributed by atoms with Crippen molar-refractivity contribution in [2.24, 2.45) is 0 Å². The predicted octanol–water partition coefficient (Wildman–Crippen LogP) is 1.58. The van der Waals surface area contributed by atoms with Gasteiger partial charge < -0.3 is 30.3 Å². The monoisotopic (exact) mass is 474 g/mol. The highest BCUT2D eigenvalue weighted by molar-refractivity contribution is 9.10. The molecule has 1 fully saturated rings. The van der Waals surface area contributed by atoms with E-state index in [0.717, 1.165) is 0 Å². The number of ether oxygens (including phenoxy) is 1. The molecule has 2 aromatic carbocycles. The lowest BCUT2D eigenvalue weighted by Crippen LogP contribution is -2.59. The van der Waals surface area contributed by atoms with Crippen LogP contribution in [-0.2, 0) is 4.74 Å². The lowest BCUT2D eigenvalue weighted by atomic mass is 9.88. The molecule has 6 nitrogen and oxygen atoms in total. The second kappa shape index (κ2) is 8.73. The Labute approximate surface area is 174 Å². The smallest absolute Gasteiger partial charge is 0.140 e. The van der Waals surface area contributed by atoms with E-state index in [0.29, 0.717) is 22.3 Å². The lowest BCUT2D eigenvalue weighted by molar-refractivity contribution is -0.250. The molecule has 9 heteroatoms. The van der Waals surface area contributed by atoms with Gasteiger partial charge in [-0.3, -0.25) is 0 Å². The number of hydrogen-bond acceptors (Lipinski definition) is 6. The standard InChI is InChI=1S/C20H21BrF2O6/c1-8-4-9(10-5-12(22)15(21)13(23)6-10)2-3-11(8)16(25)20-19(28)18(27)17(26)14(7-24)29-20/h2-6,14,16-20,24-28H,7H2,1H3/t14-,16-,17-,18+,19+,20-/m1/s1. The van der Waals surface area contributed by atoms with E-state index in [1.165, 1.54) is 18.2 Å². The molecule has 0 saturated carbocycles.